The van der Waals surface area contributed by atoms with Crippen molar-refractivity contribution < 1.29 is 4.79 Å². The van der Waals surface area contributed by atoms with Gasteiger partial charge in [0.05, 0.1) is 4.88 Å². The van der Waals surface area contributed by atoms with Gasteiger partial charge in [-0.15, -0.1) is 11.3 Å². The van der Waals surface area contributed by atoms with E-state index in [9.17, 15) is 4.79 Å². The summed E-state index contributed by atoms with van der Waals surface area (Å²) in [6.45, 7) is 4.15. The maximum atomic E-state index is 12.1. The van der Waals surface area contributed by atoms with Crippen LogP contribution in [0.3, 0.4) is 0 Å². The van der Waals surface area contributed by atoms with Crippen LogP contribution >= 0.6 is 11.3 Å². The van der Waals surface area contributed by atoms with Crippen molar-refractivity contribution in [3.8, 4) is 0 Å². The van der Waals surface area contributed by atoms with E-state index in [1.54, 1.807) is 11.3 Å². The quantitative estimate of drug-likeness (QED) is 0.881. The van der Waals surface area contributed by atoms with E-state index in [0.717, 1.165) is 24.1 Å². The molecule has 2 nitrogen and oxygen atoms in total. The SMILES string of the molecule is CC[C@H](C)NC(=O)c1cc2c(s1)CCCCCC2. The number of thiophene rings is 1. The number of rotatable bonds is 3. The van der Waals surface area contributed by atoms with Gasteiger partial charge >= 0.3 is 0 Å². The molecule has 1 aliphatic carbocycles. The summed E-state index contributed by atoms with van der Waals surface area (Å²) in [5, 5.41) is 3.06. The minimum atomic E-state index is 0.112. The number of hydrogen-bond donors (Lipinski definition) is 1. The first-order chi connectivity index (χ1) is 8.70. The molecule has 1 aliphatic rings. The van der Waals surface area contributed by atoms with Gasteiger partial charge in [0, 0.05) is 10.9 Å². The van der Waals surface area contributed by atoms with Crippen LogP contribution in [0.4, 0.5) is 0 Å². The maximum Gasteiger partial charge on any atom is 0.261 e. The molecule has 100 valence electrons. The second kappa shape index (κ2) is 6.37. The Kier molecular flexibility index (Phi) is 4.81. The second-order valence-corrected chi connectivity index (χ2v) is 6.39. The van der Waals surface area contributed by atoms with Gasteiger partial charge in [0.25, 0.3) is 5.91 Å². The van der Waals surface area contributed by atoms with Crippen LogP contribution in [0.25, 0.3) is 0 Å². The predicted molar refractivity (Wildman–Crippen MR) is 77.4 cm³/mol. The highest BCUT2D eigenvalue weighted by molar-refractivity contribution is 7.14. The molecule has 3 heteroatoms. The molecule has 0 saturated heterocycles. The summed E-state index contributed by atoms with van der Waals surface area (Å²) in [6.07, 6.45) is 8.53. The average molecular weight is 265 g/mol. The number of carbonyl (C=O) groups excluding carboxylic acids is 1. The minimum Gasteiger partial charge on any atom is -0.349 e. The first-order valence-corrected chi connectivity index (χ1v) is 7.94. The topological polar surface area (TPSA) is 29.1 Å². The summed E-state index contributed by atoms with van der Waals surface area (Å²) < 4.78 is 0. The highest BCUT2D eigenvalue weighted by Gasteiger charge is 2.16. The molecule has 0 saturated carbocycles. The second-order valence-electron chi connectivity index (χ2n) is 5.26. The highest BCUT2D eigenvalue weighted by Crippen LogP contribution is 2.28. The van der Waals surface area contributed by atoms with E-state index < -0.39 is 0 Å². The predicted octanol–water partition coefficient (Wildman–Crippen LogP) is 3.94. The zero-order valence-electron chi connectivity index (χ0n) is 11.4. The van der Waals surface area contributed by atoms with E-state index in [-0.39, 0.29) is 11.9 Å². The molecular formula is C15H23NOS. The number of nitrogens with one attached hydrogen (secondary N) is 1. The van der Waals surface area contributed by atoms with Crippen molar-refractivity contribution >= 4 is 17.2 Å². The molecule has 0 aromatic carbocycles. The van der Waals surface area contributed by atoms with Crippen molar-refractivity contribution in [2.45, 2.75) is 64.8 Å². The van der Waals surface area contributed by atoms with E-state index in [4.69, 9.17) is 0 Å². The molecule has 1 aromatic rings. The molecular weight excluding hydrogens is 242 g/mol. The van der Waals surface area contributed by atoms with Gasteiger partial charge in [0.15, 0.2) is 0 Å². The molecule has 2 rings (SSSR count). The Morgan fingerprint density at radius 2 is 2.06 bits per heavy atom. The molecule has 0 radical (unpaired) electrons. The van der Waals surface area contributed by atoms with E-state index in [2.05, 4.69) is 25.2 Å². The molecule has 1 amide bonds. The van der Waals surface area contributed by atoms with Crippen molar-refractivity contribution in [1.29, 1.82) is 0 Å². The van der Waals surface area contributed by atoms with Crippen molar-refractivity contribution in [2.24, 2.45) is 0 Å². The van der Waals surface area contributed by atoms with E-state index in [1.165, 1.54) is 36.1 Å². The molecule has 0 fully saturated rings. The van der Waals surface area contributed by atoms with Crippen LogP contribution in [0.5, 0.6) is 0 Å². The molecule has 1 atom stereocenters. The monoisotopic (exact) mass is 265 g/mol. The van der Waals surface area contributed by atoms with E-state index in [1.807, 2.05) is 0 Å². The first kappa shape index (κ1) is 13.6. The Labute approximate surface area is 114 Å². The van der Waals surface area contributed by atoms with Crippen LogP contribution in [0.15, 0.2) is 6.07 Å². The van der Waals surface area contributed by atoms with Gasteiger partial charge in [0.2, 0.25) is 0 Å². The fourth-order valence-corrected chi connectivity index (χ4v) is 3.51. The number of amides is 1. The summed E-state index contributed by atoms with van der Waals surface area (Å²) in [5.74, 6) is 0.112. The van der Waals surface area contributed by atoms with Crippen molar-refractivity contribution in [1.82, 2.24) is 5.32 Å². The summed E-state index contributed by atoms with van der Waals surface area (Å²) in [7, 11) is 0. The summed E-state index contributed by atoms with van der Waals surface area (Å²) >= 11 is 1.71. The normalized spacial score (nSPS) is 17.4. The Hall–Kier alpha value is -0.830. The zero-order chi connectivity index (χ0) is 13.0. The molecule has 18 heavy (non-hydrogen) atoms. The maximum absolute atomic E-state index is 12.1. The molecule has 0 bridgehead atoms. The van der Waals surface area contributed by atoms with Crippen LogP contribution < -0.4 is 5.32 Å². The average Bonchev–Trinajstić information content (AvgIpc) is 2.71. The zero-order valence-corrected chi connectivity index (χ0v) is 12.2. The third kappa shape index (κ3) is 3.35. The molecule has 0 unspecified atom stereocenters. The molecule has 1 heterocycles. The Morgan fingerprint density at radius 3 is 2.78 bits per heavy atom. The Morgan fingerprint density at radius 1 is 1.33 bits per heavy atom. The van der Waals surface area contributed by atoms with Crippen LogP contribution in [0, 0.1) is 0 Å². The lowest BCUT2D eigenvalue weighted by Crippen LogP contribution is -2.31. The summed E-state index contributed by atoms with van der Waals surface area (Å²) in [5.41, 5.74) is 1.43. The lowest BCUT2D eigenvalue weighted by atomic mass is 10.00. The van der Waals surface area contributed by atoms with E-state index in [0.29, 0.717) is 0 Å². The molecule has 1 aromatic heterocycles. The van der Waals surface area contributed by atoms with Crippen molar-refractivity contribution in [2.75, 3.05) is 0 Å². The van der Waals surface area contributed by atoms with Gasteiger partial charge in [0.1, 0.15) is 0 Å². The van der Waals surface area contributed by atoms with Gasteiger partial charge in [-0.3, -0.25) is 4.79 Å². The van der Waals surface area contributed by atoms with E-state index >= 15 is 0 Å². The lowest BCUT2D eigenvalue weighted by Gasteiger charge is -2.09. The van der Waals surface area contributed by atoms with Crippen LogP contribution in [0.1, 0.15) is 66.1 Å². The highest BCUT2D eigenvalue weighted by atomic mass is 32.1. The lowest BCUT2D eigenvalue weighted by molar-refractivity contribution is 0.0943. The largest absolute Gasteiger partial charge is 0.349 e. The van der Waals surface area contributed by atoms with Crippen LogP contribution in [0.2, 0.25) is 0 Å². The first-order valence-electron chi connectivity index (χ1n) is 7.13. The van der Waals surface area contributed by atoms with Crippen molar-refractivity contribution in [3.63, 3.8) is 0 Å². The minimum absolute atomic E-state index is 0.112. The third-order valence-electron chi connectivity index (χ3n) is 3.71. The van der Waals surface area contributed by atoms with Crippen molar-refractivity contribution in [3.05, 3.63) is 21.4 Å². The number of fused-ring (bicyclic) bond motifs is 1. The summed E-state index contributed by atoms with van der Waals surface area (Å²) in [6, 6.07) is 2.39. The van der Waals surface area contributed by atoms with Gasteiger partial charge < -0.3 is 5.32 Å². The van der Waals surface area contributed by atoms with Gasteiger partial charge in [-0.2, -0.15) is 0 Å². The van der Waals surface area contributed by atoms with Gasteiger partial charge in [-0.05, 0) is 50.7 Å². The number of aryl methyl sites for hydroxylation is 2. The molecule has 1 N–H and O–H groups in total. The van der Waals surface area contributed by atoms with Crippen LogP contribution in [-0.2, 0) is 12.8 Å². The fourth-order valence-electron chi connectivity index (χ4n) is 2.35. The Balaban J connectivity index is 2.09. The summed E-state index contributed by atoms with van der Waals surface area (Å²) in [4.78, 5) is 14.5. The number of carbonyl (C=O) groups is 1. The van der Waals surface area contributed by atoms with Gasteiger partial charge in [-0.25, -0.2) is 0 Å². The van der Waals surface area contributed by atoms with Crippen LogP contribution in [-0.4, -0.2) is 11.9 Å². The van der Waals surface area contributed by atoms with Gasteiger partial charge in [-0.1, -0.05) is 19.8 Å². The number of hydrogen-bond acceptors (Lipinski definition) is 2. The smallest absolute Gasteiger partial charge is 0.261 e. The fraction of sp³-hybridized carbons (Fsp3) is 0.667. The molecule has 0 aliphatic heterocycles. The Bertz CT molecular complexity index is 385. The molecule has 0 spiro atoms. The standard InChI is InChI=1S/C15H23NOS/c1-3-11(2)16-15(17)14-10-12-8-6-4-5-7-9-13(12)18-14/h10-11H,3-9H2,1-2H3,(H,16,17)/t11-/m0/s1. The third-order valence-corrected chi connectivity index (χ3v) is 4.95.